The molecule has 0 aliphatic rings. The number of hydrogen-bond donors (Lipinski definition) is 1. The van der Waals surface area contributed by atoms with Crippen molar-refractivity contribution < 1.29 is 0 Å². The lowest BCUT2D eigenvalue weighted by Crippen LogP contribution is -1.79. The van der Waals surface area contributed by atoms with Gasteiger partial charge in [-0.15, -0.1) is 24.0 Å². The second-order valence-corrected chi connectivity index (χ2v) is 5.32. The summed E-state index contributed by atoms with van der Waals surface area (Å²) in [6, 6.07) is 4.03. The topological polar surface area (TPSA) is 25.2 Å². The molecule has 0 saturated carbocycles. The molecule has 1 aromatic carbocycles. The van der Waals surface area contributed by atoms with Gasteiger partial charge in [0.25, 0.3) is 0 Å². The summed E-state index contributed by atoms with van der Waals surface area (Å²) in [5.41, 5.74) is 2.97. The highest BCUT2D eigenvalue weighted by Gasteiger charge is 2.05. The second kappa shape index (κ2) is 3.94. The predicted molar refractivity (Wildman–Crippen MR) is 70.1 cm³/mol. The third-order valence-electron chi connectivity index (χ3n) is 1.94. The molecule has 78 valence electrons. The van der Waals surface area contributed by atoms with E-state index < -0.39 is 0 Å². The van der Waals surface area contributed by atoms with Gasteiger partial charge in [-0.25, -0.2) is 4.98 Å². The minimum absolute atomic E-state index is 0.883. The van der Waals surface area contributed by atoms with Crippen LogP contribution in [-0.2, 0) is 0 Å². The maximum absolute atomic E-state index is 4.44. The van der Waals surface area contributed by atoms with Gasteiger partial charge in [0.2, 0.25) is 0 Å². The molecule has 0 saturated heterocycles. The van der Waals surface area contributed by atoms with Crippen LogP contribution in [0.3, 0.4) is 0 Å². The van der Waals surface area contributed by atoms with Gasteiger partial charge >= 0.3 is 0 Å². The van der Waals surface area contributed by atoms with E-state index >= 15 is 0 Å². The number of fused-ring (bicyclic) bond motifs is 1. The number of aryl methyl sites for hydroxylation is 1. The maximum atomic E-state index is 4.44. The standard InChI is InChI=1S/C11H12N2S2/c1-6(2)12-8-5-11-9(4-10(8)14)13-7(3)15-11/h4-5,14H,1-3H3. The average molecular weight is 236 g/mol. The Balaban J connectivity index is 2.66. The van der Waals surface area contributed by atoms with Crippen molar-refractivity contribution >= 4 is 45.6 Å². The van der Waals surface area contributed by atoms with Crippen LogP contribution in [0.4, 0.5) is 5.69 Å². The van der Waals surface area contributed by atoms with Gasteiger partial charge in [-0.2, -0.15) is 0 Å². The third-order valence-corrected chi connectivity index (χ3v) is 3.23. The number of aliphatic imine (C=N–C) groups is 1. The molecule has 2 nitrogen and oxygen atoms in total. The van der Waals surface area contributed by atoms with Gasteiger partial charge in [0.05, 0.1) is 20.9 Å². The van der Waals surface area contributed by atoms with Crippen molar-refractivity contribution in [1.82, 2.24) is 4.98 Å². The molecule has 0 unspecified atom stereocenters. The SMILES string of the molecule is CC(C)=Nc1cc2sc(C)nc2cc1S. The van der Waals surface area contributed by atoms with E-state index in [1.165, 1.54) is 4.70 Å². The molecule has 1 aromatic heterocycles. The molecular formula is C11H12N2S2. The Morgan fingerprint density at radius 3 is 2.80 bits per heavy atom. The van der Waals surface area contributed by atoms with Gasteiger partial charge in [0.15, 0.2) is 0 Å². The van der Waals surface area contributed by atoms with E-state index in [0.717, 1.165) is 26.8 Å². The Morgan fingerprint density at radius 2 is 2.13 bits per heavy atom. The van der Waals surface area contributed by atoms with Crippen molar-refractivity contribution in [3.8, 4) is 0 Å². The zero-order chi connectivity index (χ0) is 11.0. The summed E-state index contributed by atoms with van der Waals surface area (Å²) < 4.78 is 1.17. The maximum Gasteiger partial charge on any atom is 0.0907 e. The van der Waals surface area contributed by atoms with Crippen molar-refractivity contribution in [2.45, 2.75) is 25.7 Å². The van der Waals surface area contributed by atoms with E-state index in [9.17, 15) is 0 Å². The first-order valence-electron chi connectivity index (χ1n) is 4.68. The quantitative estimate of drug-likeness (QED) is 0.587. The minimum Gasteiger partial charge on any atom is -0.257 e. The number of thiazole rings is 1. The lowest BCUT2D eigenvalue weighted by molar-refractivity contribution is 1.32. The van der Waals surface area contributed by atoms with Gasteiger partial charge in [-0.05, 0) is 32.9 Å². The van der Waals surface area contributed by atoms with Crippen LogP contribution in [0.1, 0.15) is 18.9 Å². The predicted octanol–water partition coefficient (Wildman–Crippen LogP) is 4.01. The van der Waals surface area contributed by atoms with Crippen LogP contribution in [-0.4, -0.2) is 10.7 Å². The number of thiol groups is 1. The third kappa shape index (κ3) is 2.21. The number of aromatic nitrogens is 1. The molecule has 0 fully saturated rings. The molecule has 15 heavy (non-hydrogen) atoms. The average Bonchev–Trinajstić information content (AvgIpc) is 2.44. The summed E-state index contributed by atoms with van der Waals surface area (Å²) in [4.78, 5) is 9.74. The van der Waals surface area contributed by atoms with Crippen molar-refractivity contribution in [3.05, 3.63) is 17.1 Å². The molecular weight excluding hydrogens is 224 g/mol. The van der Waals surface area contributed by atoms with E-state index in [0.29, 0.717) is 0 Å². The Labute approximate surface area is 98.5 Å². The zero-order valence-corrected chi connectivity index (χ0v) is 10.6. The molecule has 0 spiro atoms. The van der Waals surface area contributed by atoms with Crippen LogP contribution in [0.5, 0.6) is 0 Å². The van der Waals surface area contributed by atoms with Crippen molar-refractivity contribution in [1.29, 1.82) is 0 Å². The first kappa shape index (κ1) is 10.6. The molecule has 0 radical (unpaired) electrons. The van der Waals surface area contributed by atoms with Crippen LogP contribution in [0, 0.1) is 6.92 Å². The first-order chi connectivity index (χ1) is 7.06. The largest absolute Gasteiger partial charge is 0.257 e. The van der Waals surface area contributed by atoms with Crippen LogP contribution >= 0.6 is 24.0 Å². The summed E-state index contributed by atoms with van der Waals surface area (Å²) in [6.07, 6.45) is 0. The van der Waals surface area contributed by atoms with Crippen molar-refractivity contribution in [3.63, 3.8) is 0 Å². The molecule has 0 amide bonds. The Bertz CT molecular complexity index is 537. The normalized spacial score (nSPS) is 10.7. The van der Waals surface area contributed by atoms with E-state index in [1.54, 1.807) is 11.3 Å². The highest BCUT2D eigenvalue weighted by Crippen LogP contribution is 2.32. The molecule has 2 rings (SSSR count). The molecule has 2 aromatic rings. The van der Waals surface area contributed by atoms with E-state index in [1.807, 2.05) is 26.8 Å². The van der Waals surface area contributed by atoms with Crippen LogP contribution in [0.15, 0.2) is 22.0 Å². The van der Waals surface area contributed by atoms with Gasteiger partial charge in [-0.3, -0.25) is 4.99 Å². The van der Waals surface area contributed by atoms with Gasteiger partial charge < -0.3 is 0 Å². The highest BCUT2D eigenvalue weighted by atomic mass is 32.1. The molecule has 1 heterocycles. The molecule has 0 aliphatic carbocycles. The minimum atomic E-state index is 0.883. The van der Waals surface area contributed by atoms with Crippen molar-refractivity contribution in [2.75, 3.05) is 0 Å². The highest BCUT2D eigenvalue weighted by molar-refractivity contribution is 7.80. The number of nitrogens with zero attached hydrogens (tertiary/aromatic N) is 2. The first-order valence-corrected chi connectivity index (χ1v) is 5.94. The fraction of sp³-hybridized carbons (Fsp3) is 0.273. The fourth-order valence-electron chi connectivity index (χ4n) is 1.40. The number of rotatable bonds is 1. The van der Waals surface area contributed by atoms with Gasteiger partial charge in [0, 0.05) is 10.6 Å². The molecule has 0 bridgehead atoms. The Kier molecular flexibility index (Phi) is 2.80. The Hall–Kier alpha value is -0.870. The van der Waals surface area contributed by atoms with Gasteiger partial charge in [0.1, 0.15) is 0 Å². The van der Waals surface area contributed by atoms with E-state index in [2.05, 4.69) is 28.7 Å². The lowest BCUT2D eigenvalue weighted by Gasteiger charge is -1.99. The number of hydrogen-bond acceptors (Lipinski definition) is 4. The summed E-state index contributed by atoms with van der Waals surface area (Å²) >= 11 is 6.10. The van der Waals surface area contributed by atoms with Crippen molar-refractivity contribution in [2.24, 2.45) is 4.99 Å². The summed E-state index contributed by atoms with van der Waals surface area (Å²) in [6.45, 7) is 5.97. The van der Waals surface area contributed by atoms with Crippen LogP contribution < -0.4 is 0 Å². The molecule has 0 aliphatic heterocycles. The van der Waals surface area contributed by atoms with E-state index in [-0.39, 0.29) is 0 Å². The summed E-state index contributed by atoms with van der Waals surface area (Å²) in [5, 5.41) is 1.08. The smallest absolute Gasteiger partial charge is 0.0907 e. The molecule has 4 heteroatoms. The van der Waals surface area contributed by atoms with E-state index in [4.69, 9.17) is 0 Å². The Morgan fingerprint density at radius 1 is 1.40 bits per heavy atom. The fourth-order valence-corrected chi connectivity index (χ4v) is 2.48. The van der Waals surface area contributed by atoms with Crippen LogP contribution in [0.2, 0.25) is 0 Å². The zero-order valence-electron chi connectivity index (χ0n) is 8.90. The second-order valence-electron chi connectivity index (χ2n) is 3.60. The molecule has 0 N–H and O–H groups in total. The molecule has 0 atom stereocenters. The number of benzene rings is 1. The van der Waals surface area contributed by atoms with Crippen LogP contribution in [0.25, 0.3) is 10.2 Å². The van der Waals surface area contributed by atoms with Gasteiger partial charge in [-0.1, -0.05) is 0 Å². The lowest BCUT2D eigenvalue weighted by atomic mass is 10.3. The summed E-state index contributed by atoms with van der Waals surface area (Å²) in [7, 11) is 0. The summed E-state index contributed by atoms with van der Waals surface area (Å²) in [5.74, 6) is 0. The monoisotopic (exact) mass is 236 g/mol.